The van der Waals surface area contributed by atoms with Gasteiger partial charge >= 0.3 is 0 Å². The van der Waals surface area contributed by atoms with Crippen molar-refractivity contribution in [2.24, 2.45) is 0 Å². The van der Waals surface area contributed by atoms with E-state index in [1.807, 2.05) is 0 Å². The molecule has 0 aliphatic carbocycles. The van der Waals surface area contributed by atoms with E-state index in [0.717, 1.165) is 69.1 Å². The number of nitrogens with zero attached hydrogens (tertiary/aromatic N) is 6. The van der Waals surface area contributed by atoms with Crippen LogP contribution in [0.15, 0.2) is 18.2 Å². The molecule has 3 aliphatic rings. The van der Waals surface area contributed by atoms with E-state index in [1.54, 1.807) is 17.0 Å². The van der Waals surface area contributed by atoms with Crippen molar-refractivity contribution in [1.82, 2.24) is 19.7 Å². The van der Waals surface area contributed by atoms with Crippen LogP contribution in [0.5, 0.6) is 0 Å². The zero-order chi connectivity index (χ0) is 22.1. The number of rotatable bonds is 4. The highest BCUT2D eigenvalue weighted by atomic mass is 16.6. The lowest BCUT2D eigenvalue weighted by molar-refractivity contribution is -0.385. The molecule has 2 saturated heterocycles. The SMILES string of the molecule is O=C(c1cc(N2CCCC(c3nnc4n3CCCCC4)C2)ccc1[N+](=O)[O-])N1CCCC1. The van der Waals surface area contributed by atoms with Crippen LogP contribution in [-0.2, 0) is 13.0 Å². The Morgan fingerprint density at radius 1 is 1.00 bits per heavy atom. The lowest BCUT2D eigenvalue weighted by Gasteiger charge is -2.34. The van der Waals surface area contributed by atoms with Crippen molar-refractivity contribution in [3.8, 4) is 0 Å². The van der Waals surface area contributed by atoms with Crippen molar-refractivity contribution in [3.05, 3.63) is 45.5 Å². The van der Waals surface area contributed by atoms with Gasteiger partial charge in [0.05, 0.1) is 4.92 Å². The summed E-state index contributed by atoms with van der Waals surface area (Å²) >= 11 is 0. The summed E-state index contributed by atoms with van der Waals surface area (Å²) in [6.07, 6.45) is 8.54. The first-order chi connectivity index (χ1) is 15.6. The lowest BCUT2D eigenvalue weighted by atomic mass is 9.96. The molecule has 0 saturated carbocycles. The number of aromatic nitrogens is 3. The van der Waals surface area contributed by atoms with Crippen LogP contribution in [0.4, 0.5) is 11.4 Å². The highest BCUT2D eigenvalue weighted by Gasteiger charge is 2.31. The van der Waals surface area contributed by atoms with Crippen molar-refractivity contribution in [3.63, 3.8) is 0 Å². The predicted molar refractivity (Wildman–Crippen MR) is 120 cm³/mol. The number of aryl methyl sites for hydroxylation is 1. The molecule has 170 valence electrons. The monoisotopic (exact) mass is 438 g/mol. The number of fused-ring (bicyclic) bond motifs is 1. The summed E-state index contributed by atoms with van der Waals surface area (Å²) in [5.41, 5.74) is 0.966. The van der Waals surface area contributed by atoms with Crippen LogP contribution >= 0.6 is 0 Å². The maximum Gasteiger partial charge on any atom is 0.282 e. The van der Waals surface area contributed by atoms with E-state index >= 15 is 0 Å². The molecule has 4 heterocycles. The van der Waals surface area contributed by atoms with Gasteiger partial charge in [-0.15, -0.1) is 10.2 Å². The number of piperidine rings is 1. The molecule has 0 N–H and O–H groups in total. The van der Waals surface area contributed by atoms with Gasteiger partial charge < -0.3 is 14.4 Å². The van der Waals surface area contributed by atoms with Gasteiger partial charge in [0.1, 0.15) is 17.2 Å². The second-order valence-corrected chi connectivity index (χ2v) is 9.18. The summed E-state index contributed by atoms with van der Waals surface area (Å²) < 4.78 is 2.32. The summed E-state index contributed by atoms with van der Waals surface area (Å²) in [6.45, 7) is 3.98. The third kappa shape index (κ3) is 3.96. The minimum absolute atomic E-state index is 0.109. The maximum absolute atomic E-state index is 13.0. The Bertz CT molecular complexity index is 1010. The Balaban J connectivity index is 1.41. The van der Waals surface area contributed by atoms with Gasteiger partial charge in [0.25, 0.3) is 11.6 Å². The van der Waals surface area contributed by atoms with E-state index < -0.39 is 4.92 Å². The molecule has 2 aromatic rings. The van der Waals surface area contributed by atoms with Crippen LogP contribution in [0, 0.1) is 10.1 Å². The molecule has 0 radical (unpaired) electrons. The molecule has 1 unspecified atom stereocenters. The molecule has 3 aliphatic heterocycles. The topological polar surface area (TPSA) is 97.4 Å². The van der Waals surface area contributed by atoms with Gasteiger partial charge in [-0.1, -0.05) is 6.42 Å². The van der Waals surface area contributed by atoms with Gasteiger partial charge in [0, 0.05) is 56.8 Å². The number of anilines is 1. The van der Waals surface area contributed by atoms with Crippen LogP contribution in [0.25, 0.3) is 0 Å². The molecule has 32 heavy (non-hydrogen) atoms. The molecule has 2 fully saturated rings. The summed E-state index contributed by atoms with van der Waals surface area (Å²) in [7, 11) is 0. The van der Waals surface area contributed by atoms with E-state index in [2.05, 4.69) is 19.7 Å². The van der Waals surface area contributed by atoms with Gasteiger partial charge in [-0.25, -0.2) is 0 Å². The summed E-state index contributed by atoms with van der Waals surface area (Å²) in [5.74, 6) is 2.22. The number of hydrogen-bond acceptors (Lipinski definition) is 6. The van der Waals surface area contributed by atoms with Crippen molar-refractivity contribution >= 4 is 17.3 Å². The second kappa shape index (κ2) is 8.88. The van der Waals surface area contributed by atoms with Gasteiger partial charge in [0.15, 0.2) is 0 Å². The lowest BCUT2D eigenvalue weighted by Crippen LogP contribution is -2.36. The minimum atomic E-state index is -0.447. The number of benzene rings is 1. The van der Waals surface area contributed by atoms with Crippen LogP contribution in [0.1, 0.15) is 72.9 Å². The number of nitro benzene ring substituents is 1. The fourth-order valence-electron chi connectivity index (χ4n) is 5.37. The molecule has 1 atom stereocenters. The Kier molecular flexibility index (Phi) is 5.80. The number of carbonyl (C=O) groups excluding carboxylic acids is 1. The van der Waals surface area contributed by atoms with Crippen molar-refractivity contribution < 1.29 is 9.72 Å². The summed E-state index contributed by atoms with van der Waals surface area (Å²) in [5, 5.41) is 20.6. The third-order valence-electron chi connectivity index (χ3n) is 7.09. The van der Waals surface area contributed by atoms with E-state index in [-0.39, 0.29) is 23.1 Å². The Labute approximate surface area is 187 Å². The molecule has 9 nitrogen and oxygen atoms in total. The van der Waals surface area contributed by atoms with Crippen molar-refractivity contribution in [2.45, 2.75) is 63.8 Å². The number of carbonyl (C=O) groups is 1. The molecule has 9 heteroatoms. The smallest absolute Gasteiger partial charge is 0.282 e. The quantitative estimate of drug-likeness (QED) is 0.535. The largest absolute Gasteiger partial charge is 0.371 e. The predicted octanol–water partition coefficient (Wildman–Crippen LogP) is 3.53. The Morgan fingerprint density at radius 3 is 2.62 bits per heavy atom. The highest BCUT2D eigenvalue weighted by Crippen LogP contribution is 2.33. The number of hydrogen-bond donors (Lipinski definition) is 0. The molecule has 0 bridgehead atoms. The average Bonchev–Trinajstić information content (AvgIpc) is 3.44. The van der Waals surface area contributed by atoms with E-state index in [0.29, 0.717) is 13.1 Å². The van der Waals surface area contributed by atoms with Gasteiger partial charge in [-0.2, -0.15) is 0 Å². The minimum Gasteiger partial charge on any atom is -0.371 e. The molecule has 5 rings (SSSR count). The highest BCUT2D eigenvalue weighted by molar-refractivity contribution is 5.99. The Morgan fingerprint density at radius 2 is 1.81 bits per heavy atom. The van der Waals surface area contributed by atoms with Crippen LogP contribution in [0.2, 0.25) is 0 Å². The fraction of sp³-hybridized carbons (Fsp3) is 0.609. The summed E-state index contributed by atoms with van der Waals surface area (Å²) in [6, 6.07) is 5.00. The third-order valence-corrected chi connectivity index (χ3v) is 7.09. The normalized spacial score (nSPS) is 21.3. The van der Waals surface area contributed by atoms with Crippen molar-refractivity contribution in [2.75, 3.05) is 31.1 Å². The van der Waals surface area contributed by atoms with Crippen molar-refractivity contribution in [1.29, 1.82) is 0 Å². The Hall–Kier alpha value is -2.97. The van der Waals surface area contributed by atoms with E-state index in [4.69, 9.17) is 0 Å². The zero-order valence-electron chi connectivity index (χ0n) is 18.4. The first-order valence-corrected chi connectivity index (χ1v) is 11.9. The first-order valence-electron chi connectivity index (χ1n) is 11.9. The number of likely N-dealkylation sites (tertiary alicyclic amines) is 1. The fourth-order valence-corrected chi connectivity index (χ4v) is 5.37. The van der Waals surface area contributed by atoms with Gasteiger partial charge in [-0.05, 0) is 50.7 Å². The first kappa shape index (κ1) is 20.9. The molecular weight excluding hydrogens is 408 g/mol. The van der Waals surface area contributed by atoms with E-state index in [9.17, 15) is 14.9 Å². The van der Waals surface area contributed by atoms with Gasteiger partial charge in [0.2, 0.25) is 0 Å². The molecule has 1 aromatic carbocycles. The standard InChI is InChI=1S/C23H30N6O3/c30-23(26-11-4-5-12-26)19-15-18(9-10-20(19)29(31)32)27-13-6-7-17(16-27)22-25-24-21-8-2-1-3-14-28(21)22/h9-10,15,17H,1-8,11-14,16H2. The molecule has 1 amide bonds. The van der Waals surface area contributed by atoms with Crippen LogP contribution in [0.3, 0.4) is 0 Å². The maximum atomic E-state index is 13.0. The summed E-state index contributed by atoms with van der Waals surface area (Å²) in [4.78, 5) is 28.2. The number of amides is 1. The second-order valence-electron chi connectivity index (χ2n) is 9.18. The zero-order valence-corrected chi connectivity index (χ0v) is 18.4. The average molecular weight is 439 g/mol. The van der Waals surface area contributed by atoms with Crippen LogP contribution in [-0.4, -0.2) is 56.7 Å². The van der Waals surface area contributed by atoms with Crippen LogP contribution < -0.4 is 4.90 Å². The van der Waals surface area contributed by atoms with Gasteiger partial charge in [-0.3, -0.25) is 14.9 Å². The molecular formula is C23H30N6O3. The molecule has 1 aromatic heterocycles. The molecule has 0 spiro atoms. The number of nitro groups is 1. The van der Waals surface area contributed by atoms with E-state index in [1.165, 1.54) is 25.3 Å².